The van der Waals surface area contributed by atoms with Crippen molar-refractivity contribution in [2.24, 2.45) is 0 Å². The van der Waals surface area contributed by atoms with Crippen LogP contribution in [0.1, 0.15) is 10.4 Å². The van der Waals surface area contributed by atoms with Crippen molar-refractivity contribution in [2.75, 3.05) is 31.4 Å². The number of nitrogens with two attached hydrogens (primary N) is 2. The summed E-state index contributed by atoms with van der Waals surface area (Å²) in [6, 6.07) is 6.50. The van der Waals surface area contributed by atoms with E-state index in [4.69, 9.17) is 20.9 Å². The third-order valence-corrected chi connectivity index (χ3v) is 3.63. The molecule has 0 aliphatic heterocycles. The van der Waals surface area contributed by atoms with Crippen LogP contribution >= 0.6 is 11.8 Å². The summed E-state index contributed by atoms with van der Waals surface area (Å²) >= 11 is 1.16. The molecule has 1 heterocycles. The number of anilines is 2. The van der Waals surface area contributed by atoms with Gasteiger partial charge in [-0.1, -0.05) is 11.8 Å². The van der Waals surface area contributed by atoms with E-state index in [1.54, 1.807) is 18.2 Å². The maximum absolute atomic E-state index is 12.4. The normalized spacial score (nSPS) is 10.3. The second kappa shape index (κ2) is 6.99. The fraction of sp³-hybridized carbons (Fsp3) is 0.214. The van der Waals surface area contributed by atoms with E-state index in [1.165, 1.54) is 20.3 Å². The highest BCUT2D eigenvalue weighted by molar-refractivity contribution is 7.99. The highest BCUT2D eigenvalue weighted by atomic mass is 32.2. The Kier molecular flexibility index (Phi) is 5.05. The summed E-state index contributed by atoms with van der Waals surface area (Å²) in [5.41, 5.74) is 11.6. The Bertz CT molecular complexity index is 674. The van der Waals surface area contributed by atoms with Crippen molar-refractivity contribution in [1.29, 1.82) is 0 Å². The number of methoxy groups -OCH3 is 2. The average molecular weight is 320 g/mol. The number of ether oxygens (including phenoxy) is 2. The van der Waals surface area contributed by atoms with Gasteiger partial charge in [-0.2, -0.15) is 0 Å². The molecule has 2 aromatic rings. The molecule has 0 atom stereocenters. The first-order valence-corrected chi connectivity index (χ1v) is 7.30. The molecule has 22 heavy (non-hydrogen) atoms. The number of carbonyl (C=O) groups is 1. The Balaban J connectivity index is 2.15. The number of carbonyl (C=O) groups excluding carboxylic acids is 1. The van der Waals surface area contributed by atoms with Crippen LogP contribution in [0, 0.1) is 0 Å². The number of aromatic nitrogens is 2. The molecule has 0 saturated carbocycles. The monoisotopic (exact) mass is 320 g/mol. The van der Waals surface area contributed by atoms with Gasteiger partial charge in [0.1, 0.15) is 23.1 Å². The van der Waals surface area contributed by atoms with Crippen LogP contribution in [0.5, 0.6) is 11.5 Å². The zero-order chi connectivity index (χ0) is 16.1. The van der Waals surface area contributed by atoms with Gasteiger partial charge in [0.2, 0.25) is 0 Å². The van der Waals surface area contributed by atoms with Crippen molar-refractivity contribution >= 4 is 29.2 Å². The first-order chi connectivity index (χ1) is 10.5. The molecule has 4 N–H and O–H groups in total. The second-order valence-corrected chi connectivity index (χ2v) is 5.22. The third-order valence-electron chi connectivity index (χ3n) is 2.78. The summed E-state index contributed by atoms with van der Waals surface area (Å²) < 4.78 is 10.3. The van der Waals surface area contributed by atoms with Gasteiger partial charge in [0.15, 0.2) is 10.9 Å². The molecule has 0 unspecified atom stereocenters. The number of Topliss-reactive ketones (excluding diaryl/α,β-unsaturated/α-hetero) is 1. The van der Waals surface area contributed by atoms with E-state index in [1.807, 2.05) is 0 Å². The van der Waals surface area contributed by atoms with Crippen LogP contribution < -0.4 is 20.9 Å². The van der Waals surface area contributed by atoms with E-state index >= 15 is 0 Å². The zero-order valence-electron chi connectivity index (χ0n) is 12.2. The number of benzene rings is 1. The molecule has 8 heteroatoms. The van der Waals surface area contributed by atoms with Gasteiger partial charge < -0.3 is 20.9 Å². The lowest BCUT2D eigenvalue weighted by molar-refractivity contribution is 0.101. The van der Waals surface area contributed by atoms with Gasteiger partial charge in [0.25, 0.3) is 0 Å². The predicted octanol–water partition coefficient (Wildman–Crippen LogP) is 1.63. The van der Waals surface area contributed by atoms with Crippen molar-refractivity contribution in [3.8, 4) is 11.5 Å². The number of thioether (sulfide) groups is 1. The minimum Gasteiger partial charge on any atom is -0.497 e. The second-order valence-electron chi connectivity index (χ2n) is 4.28. The molecule has 0 spiro atoms. The Morgan fingerprint density at radius 1 is 1.14 bits per heavy atom. The van der Waals surface area contributed by atoms with Crippen LogP contribution in [0.2, 0.25) is 0 Å². The van der Waals surface area contributed by atoms with Crippen LogP contribution in [0.15, 0.2) is 29.4 Å². The minimum atomic E-state index is -0.134. The van der Waals surface area contributed by atoms with Gasteiger partial charge in [-0.15, -0.1) is 0 Å². The van der Waals surface area contributed by atoms with Crippen LogP contribution in [0.25, 0.3) is 0 Å². The number of hydrogen-bond donors (Lipinski definition) is 2. The smallest absolute Gasteiger partial charge is 0.191 e. The summed E-state index contributed by atoms with van der Waals surface area (Å²) in [6.07, 6.45) is 0. The molecular weight excluding hydrogens is 304 g/mol. The van der Waals surface area contributed by atoms with Crippen LogP contribution in [0.3, 0.4) is 0 Å². The molecule has 2 rings (SSSR count). The topological polar surface area (TPSA) is 113 Å². The molecule has 0 bridgehead atoms. The number of nitrogen functional groups attached to an aromatic ring is 2. The summed E-state index contributed by atoms with van der Waals surface area (Å²) in [6.45, 7) is 0. The van der Waals surface area contributed by atoms with Gasteiger partial charge in [-0.05, 0) is 18.2 Å². The molecule has 0 radical (unpaired) electrons. The Hall–Kier alpha value is -2.48. The van der Waals surface area contributed by atoms with Gasteiger partial charge in [-0.3, -0.25) is 4.79 Å². The summed E-state index contributed by atoms with van der Waals surface area (Å²) in [7, 11) is 3.04. The van der Waals surface area contributed by atoms with E-state index in [-0.39, 0.29) is 23.2 Å². The van der Waals surface area contributed by atoms with Crippen molar-refractivity contribution in [3.05, 3.63) is 29.8 Å². The molecule has 0 aliphatic rings. The maximum atomic E-state index is 12.4. The lowest BCUT2D eigenvalue weighted by atomic mass is 10.1. The summed E-state index contributed by atoms with van der Waals surface area (Å²) in [4.78, 5) is 20.4. The fourth-order valence-corrected chi connectivity index (χ4v) is 2.52. The van der Waals surface area contributed by atoms with Crippen molar-refractivity contribution in [2.45, 2.75) is 5.16 Å². The Labute approximate surface area is 132 Å². The van der Waals surface area contributed by atoms with Gasteiger partial charge in [-0.25, -0.2) is 9.97 Å². The van der Waals surface area contributed by atoms with Crippen LogP contribution in [-0.2, 0) is 0 Å². The molecular formula is C14H16N4O3S. The molecule has 1 aromatic heterocycles. The number of nitrogens with zero attached hydrogens (tertiary/aromatic N) is 2. The van der Waals surface area contributed by atoms with Gasteiger partial charge in [0, 0.05) is 6.07 Å². The zero-order valence-corrected chi connectivity index (χ0v) is 13.0. The Morgan fingerprint density at radius 2 is 1.82 bits per heavy atom. The van der Waals surface area contributed by atoms with E-state index in [2.05, 4.69) is 9.97 Å². The molecule has 0 saturated heterocycles. The number of ketones is 1. The summed E-state index contributed by atoms with van der Waals surface area (Å²) in [5.74, 6) is 1.60. The first kappa shape index (κ1) is 15.9. The van der Waals surface area contributed by atoms with Crippen molar-refractivity contribution < 1.29 is 14.3 Å². The van der Waals surface area contributed by atoms with Crippen LogP contribution in [0.4, 0.5) is 11.6 Å². The standard InChI is InChI=1S/C14H16N4O3S/c1-20-8-3-4-11(21-2)9(5-8)10(19)7-22-14-17-12(15)6-13(16)18-14/h3-6H,7H2,1-2H3,(H4,15,16,17,18). The molecule has 7 nitrogen and oxygen atoms in total. The molecule has 0 amide bonds. The first-order valence-electron chi connectivity index (χ1n) is 6.31. The summed E-state index contributed by atoms with van der Waals surface area (Å²) in [5, 5.41) is 0.354. The van der Waals surface area contributed by atoms with Gasteiger partial charge in [0.05, 0.1) is 25.5 Å². The lowest BCUT2D eigenvalue weighted by Gasteiger charge is -2.09. The van der Waals surface area contributed by atoms with E-state index < -0.39 is 0 Å². The lowest BCUT2D eigenvalue weighted by Crippen LogP contribution is -2.07. The van der Waals surface area contributed by atoms with Gasteiger partial charge >= 0.3 is 0 Å². The number of hydrogen-bond acceptors (Lipinski definition) is 8. The predicted molar refractivity (Wildman–Crippen MR) is 85.5 cm³/mol. The largest absolute Gasteiger partial charge is 0.497 e. The molecule has 116 valence electrons. The highest BCUT2D eigenvalue weighted by Gasteiger charge is 2.15. The third kappa shape index (κ3) is 3.79. The van der Waals surface area contributed by atoms with Crippen molar-refractivity contribution in [3.63, 3.8) is 0 Å². The molecule has 1 aromatic carbocycles. The average Bonchev–Trinajstić information content (AvgIpc) is 2.51. The minimum absolute atomic E-state index is 0.131. The SMILES string of the molecule is COc1ccc(OC)c(C(=O)CSc2nc(N)cc(N)n2)c1. The Morgan fingerprint density at radius 3 is 2.41 bits per heavy atom. The van der Waals surface area contributed by atoms with E-state index in [0.29, 0.717) is 22.2 Å². The van der Waals surface area contributed by atoms with E-state index in [0.717, 1.165) is 11.8 Å². The van der Waals surface area contributed by atoms with E-state index in [9.17, 15) is 4.79 Å². The highest BCUT2D eigenvalue weighted by Crippen LogP contribution is 2.26. The van der Waals surface area contributed by atoms with Crippen LogP contribution in [-0.4, -0.2) is 35.7 Å². The van der Waals surface area contributed by atoms with Crippen molar-refractivity contribution in [1.82, 2.24) is 9.97 Å². The molecule has 0 fully saturated rings. The fourth-order valence-electron chi connectivity index (χ4n) is 1.77. The maximum Gasteiger partial charge on any atom is 0.191 e. The number of rotatable bonds is 6. The quantitative estimate of drug-likeness (QED) is 0.469. The molecule has 0 aliphatic carbocycles.